The molecule has 1 aliphatic heterocycles. The molecule has 6 heteroatoms. The van der Waals surface area contributed by atoms with E-state index < -0.39 is 17.7 Å². The summed E-state index contributed by atoms with van der Waals surface area (Å²) >= 11 is 0. The summed E-state index contributed by atoms with van der Waals surface area (Å²) in [6.07, 6.45) is 0. The molecule has 1 heterocycles. The molecule has 3 aromatic rings. The molecule has 36 heavy (non-hydrogen) atoms. The molecule has 0 spiro atoms. The van der Waals surface area contributed by atoms with Gasteiger partial charge in [-0.15, -0.1) is 0 Å². The predicted octanol–water partition coefficient (Wildman–Crippen LogP) is 6.02. The van der Waals surface area contributed by atoms with Gasteiger partial charge in [-0.2, -0.15) is 5.26 Å². The van der Waals surface area contributed by atoms with Crippen molar-refractivity contribution in [1.82, 2.24) is 0 Å². The number of hydrogen-bond acceptors (Lipinski definition) is 5. The first-order chi connectivity index (χ1) is 17.3. The number of amides is 1. The molecule has 4 rings (SSSR count). The lowest BCUT2D eigenvalue weighted by Crippen LogP contribution is -2.29. The maximum Gasteiger partial charge on any atom is 0.300 e. The van der Waals surface area contributed by atoms with Crippen LogP contribution in [0.2, 0.25) is 0 Å². The van der Waals surface area contributed by atoms with Gasteiger partial charge in [0, 0.05) is 11.3 Å². The first-order valence-corrected chi connectivity index (χ1v) is 11.9. The average Bonchev–Trinajstić information content (AvgIpc) is 3.14. The van der Waals surface area contributed by atoms with Crippen molar-refractivity contribution in [2.24, 2.45) is 0 Å². The third kappa shape index (κ3) is 4.36. The SMILES string of the molecule is CCOc1ccc(/C(O)=C2\C(=O)C(=O)N(c3ccc(C#N)cc3)C2c2ccccc2C)cc1C(C)C. The van der Waals surface area contributed by atoms with Crippen LogP contribution < -0.4 is 9.64 Å². The van der Waals surface area contributed by atoms with E-state index in [0.29, 0.717) is 23.4 Å². The second kappa shape index (κ2) is 10.1. The number of carbonyl (C=O) groups is 2. The van der Waals surface area contributed by atoms with Crippen molar-refractivity contribution in [1.29, 1.82) is 5.26 Å². The molecule has 1 atom stereocenters. The Morgan fingerprint density at radius 2 is 1.78 bits per heavy atom. The van der Waals surface area contributed by atoms with E-state index in [1.54, 1.807) is 36.4 Å². The van der Waals surface area contributed by atoms with E-state index in [1.807, 2.05) is 58.0 Å². The lowest BCUT2D eigenvalue weighted by atomic mass is 9.91. The van der Waals surface area contributed by atoms with Crippen molar-refractivity contribution < 1.29 is 19.4 Å². The first-order valence-electron chi connectivity index (χ1n) is 11.9. The summed E-state index contributed by atoms with van der Waals surface area (Å²) < 4.78 is 5.75. The average molecular weight is 481 g/mol. The number of aliphatic hydroxyl groups is 1. The minimum Gasteiger partial charge on any atom is -0.507 e. The van der Waals surface area contributed by atoms with Crippen LogP contribution >= 0.6 is 0 Å². The van der Waals surface area contributed by atoms with Gasteiger partial charge in [0.15, 0.2) is 0 Å². The Morgan fingerprint density at radius 3 is 2.39 bits per heavy atom. The van der Waals surface area contributed by atoms with E-state index in [2.05, 4.69) is 6.07 Å². The topological polar surface area (TPSA) is 90.6 Å². The first kappa shape index (κ1) is 24.7. The van der Waals surface area contributed by atoms with E-state index >= 15 is 0 Å². The molecule has 6 nitrogen and oxygen atoms in total. The minimum atomic E-state index is -0.826. The fourth-order valence-electron chi connectivity index (χ4n) is 4.57. The third-order valence-electron chi connectivity index (χ3n) is 6.41. The summed E-state index contributed by atoms with van der Waals surface area (Å²) in [5.74, 6) is -0.887. The second-order valence-corrected chi connectivity index (χ2v) is 9.02. The van der Waals surface area contributed by atoms with Crippen LogP contribution in [0.3, 0.4) is 0 Å². The number of benzene rings is 3. The lowest BCUT2D eigenvalue weighted by molar-refractivity contribution is -0.132. The number of hydrogen-bond donors (Lipinski definition) is 1. The van der Waals surface area contributed by atoms with Gasteiger partial charge in [0.25, 0.3) is 11.7 Å². The maximum atomic E-state index is 13.4. The molecule has 0 aliphatic carbocycles. The Labute approximate surface area is 211 Å². The Hall–Kier alpha value is -4.37. The summed E-state index contributed by atoms with van der Waals surface area (Å²) in [6.45, 7) is 8.37. The van der Waals surface area contributed by atoms with Crippen molar-refractivity contribution >= 4 is 23.1 Å². The predicted molar refractivity (Wildman–Crippen MR) is 139 cm³/mol. The van der Waals surface area contributed by atoms with Gasteiger partial charge in [-0.05, 0) is 78.9 Å². The number of carbonyl (C=O) groups excluding carboxylic acids is 2. The third-order valence-corrected chi connectivity index (χ3v) is 6.41. The van der Waals surface area contributed by atoms with Gasteiger partial charge < -0.3 is 9.84 Å². The number of ether oxygens (including phenoxy) is 1. The van der Waals surface area contributed by atoms with Gasteiger partial charge in [0.05, 0.1) is 29.9 Å². The van der Waals surface area contributed by atoms with E-state index in [0.717, 1.165) is 22.4 Å². The van der Waals surface area contributed by atoms with Crippen LogP contribution in [0, 0.1) is 18.3 Å². The summed E-state index contributed by atoms with van der Waals surface area (Å²) in [6, 6.07) is 20.5. The Kier molecular flexibility index (Phi) is 6.93. The smallest absolute Gasteiger partial charge is 0.300 e. The van der Waals surface area contributed by atoms with Gasteiger partial charge in [0.1, 0.15) is 11.5 Å². The Morgan fingerprint density at radius 1 is 1.08 bits per heavy atom. The monoisotopic (exact) mass is 480 g/mol. The lowest BCUT2D eigenvalue weighted by Gasteiger charge is -2.26. The highest BCUT2D eigenvalue weighted by atomic mass is 16.5. The molecule has 1 fully saturated rings. The highest BCUT2D eigenvalue weighted by molar-refractivity contribution is 6.51. The van der Waals surface area contributed by atoms with E-state index in [-0.39, 0.29) is 17.3 Å². The van der Waals surface area contributed by atoms with E-state index in [1.165, 1.54) is 4.90 Å². The van der Waals surface area contributed by atoms with Gasteiger partial charge in [-0.3, -0.25) is 14.5 Å². The van der Waals surface area contributed by atoms with Crippen molar-refractivity contribution in [3.63, 3.8) is 0 Å². The van der Waals surface area contributed by atoms with Gasteiger partial charge in [0.2, 0.25) is 0 Å². The van der Waals surface area contributed by atoms with Crippen molar-refractivity contribution in [2.45, 2.75) is 39.7 Å². The highest BCUT2D eigenvalue weighted by Crippen LogP contribution is 2.43. The summed E-state index contributed by atoms with van der Waals surface area (Å²) in [5, 5.41) is 20.7. The van der Waals surface area contributed by atoms with Crippen LogP contribution in [0.5, 0.6) is 5.75 Å². The molecular formula is C30H28N2O4. The maximum absolute atomic E-state index is 13.4. The fraction of sp³-hybridized carbons (Fsp3) is 0.233. The zero-order valence-electron chi connectivity index (χ0n) is 20.8. The van der Waals surface area contributed by atoms with Gasteiger partial charge in [-0.1, -0.05) is 38.1 Å². The highest BCUT2D eigenvalue weighted by Gasteiger charge is 2.47. The number of rotatable bonds is 6. The van der Waals surface area contributed by atoms with Crippen LogP contribution in [0.25, 0.3) is 5.76 Å². The second-order valence-electron chi connectivity index (χ2n) is 9.02. The standard InChI is InChI=1S/C30H28N2O4/c1-5-36-25-15-12-21(16-24(25)18(2)3)28(33)26-27(23-9-7-6-8-19(23)4)32(30(35)29(26)34)22-13-10-20(17-31)11-14-22/h6-16,18,27,33H,5H2,1-4H3/b28-26+. The minimum absolute atomic E-state index is 0.0255. The summed E-state index contributed by atoms with van der Waals surface area (Å²) in [5.41, 5.74) is 3.89. The van der Waals surface area contributed by atoms with Crippen molar-refractivity contribution in [3.8, 4) is 11.8 Å². The van der Waals surface area contributed by atoms with Crippen LogP contribution in [-0.2, 0) is 9.59 Å². The normalized spacial score (nSPS) is 16.9. The molecule has 0 aromatic heterocycles. The van der Waals surface area contributed by atoms with Crippen LogP contribution in [0.15, 0.2) is 72.3 Å². The molecule has 0 radical (unpaired) electrons. The zero-order valence-corrected chi connectivity index (χ0v) is 20.8. The van der Waals surface area contributed by atoms with Crippen molar-refractivity contribution in [2.75, 3.05) is 11.5 Å². The largest absolute Gasteiger partial charge is 0.507 e. The number of anilines is 1. The fourth-order valence-corrected chi connectivity index (χ4v) is 4.57. The van der Waals surface area contributed by atoms with Crippen LogP contribution in [0.1, 0.15) is 60.5 Å². The molecule has 0 bridgehead atoms. The molecule has 182 valence electrons. The Bertz CT molecular complexity index is 1400. The molecule has 1 unspecified atom stereocenters. The van der Waals surface area contributed by atoms with Gasteiger partial charge >= 0.3 is 0 Å². The summed E-state index contributed by atoms with van der Waals surface area (Å²) in [7, 11) is 0. The molecule has 0 saturated carbocycles. The van der Waals surface area contributed by atoms with Crippen molar-refractivity contribution in [3.05, 3.63) is 100 Å². The summed E-state index contributed by atoms with van der Waals surface area (Å²) in [4.78, 5) is 28.2. The molecule has 1 aliphatic rings. The molecule has 1 amide bonds. The number of nitriles is 1. The number of aliphatic hydroxyl groups excluding tert-OH is 1. The Balaban J connectivity index is 1.94. The number of Topliss-reactive ketones (excluding diaryl/α,β-unsaturated/α-hetero) is 1. The van der Waals surface area contributed by atoms with E-state index in [4.69, 9.17) is 4.74 Å². The van der Waals surface area contributed by atoms with Crippen LogP contribution in [0.4, 0.5) is 5.69 Å². The number of ketones is 1. The molecule has 3 aromatic carbocycles. The number of nitrogens with zero attached hydrogens (tertiary/aromatic N) is 2. The molecule has 1 N–H and O–H groups in total. The zero-order chi connectivity index (χ0) is 26.0. The molecule has 1 saturated heterocycles. The van der Waals surface area contributed by atoms with Crippen LogP contribution in [-0.4, -0.2) is 23.4 Å². The quantitative estimate of drug-likeness (QED) is 0.265. The number of aryl methyl sites for hydroxylation is 1. The molecular weight excluding hydrogens is 452 g/mol. The van der Waals surface area contributed by atoms with E-state index in [9.17, 15) is 20.0 Å². The van der Waals surface area contributed by atoms with Gasteiger partial charge in [-0.25, -0.2) is 0 Å².